The van der Waals surface area contributed by atoms with E-state index in [-0.39, 0.29) is 38.6 Å². The molecule has 0 aliphatic rings. The Morgan fingerprint density at radius 2 is 1.46 bits per heavy atom. The minimum atomic E-state index is -3.58. The average Bonchev–Trinajstić information content (AvgIpc) is 3.28. The van der Waals surface area contributed by atoms with Crippen LogP contribution in [-0.2, 0) is 31.6 Å². The van der Waals surface area contributed by atoms with Gasteiger partial charge < -0.3 is 24.4 Å². The molecule has 35 heavy (non-hydrogen) atoms. The van der Waals surface area contributed by atoms with E-state index in [9.17, 15) is 4.57 Å². The molecule has 0 atom stereocenters. The third-order valence-corrected chi connectivity index (χ3v) is 7.32. The van der Waals surface area contributed by atoms with Crippen LogP contribution in [0.2, 0.25) is 0 Å². The number of nitrogens with two attached hydrogens (primary N) is 1. The molecule has 0 saturated carbocycles. The third-order valence-electron chi connectivity index (χ3n) is 4.72. The molecule has 0 radical (unpaired) electrons. The normalized spacial score (nSPS) is 11.7. The van der Waals surface area contributed by atoms with E-state index in [4.69, 9.17) is 24.4 Å². The molecule has 2 aromatic carbocycles. The van der Waals surface area contributed by atoms with E-state index in [1.54, 1.807) is 0 Å². The first-order valence-electron chi connectivity index (χ1n) is 10.4. The summed E-state index contributed by atoms with van der Waals surface area (Å²) in [6, 6.07) is 15.1. The average molecular weight is 627 g/mol. The van der Waals surface area contributed by atoms with Gasteiger partial charge in [-0.15, -0.1) is 0 Å². The molecular weight excluding hydrogens is 605 g/mol. The van der Waals surface area contributed by atoms with Crippen molar-refractivity contribution >= 4 is 56.4 Å². The number of ether oxygens (including phenoxy) is 1. The number of aromatic nitrogens is 4. The molecule has 184 valence electrons. The molecule has 0 aliphatic carbocycles. The van der Waals surface area contributed by atoms with Crippen LogP contribution in [0.1, 0.15) is 11.1 Å². The summed E-state index contributed by atoms with van der Waals surface area (Å²) in [6.45, 7) is 0.516. The summed E-state index contributed by atoms with van der Waals surface area (Å²) < 4.78 is 33.7. The van der Waals surface area contributed by atoms with E-state index in [2.05, 4.69) is 46.8 Å². The van der Waals surface area contributed by atoms with Gasteiger partial charge >= 0.3 is 7.60 Å². The molecule has 0 spiro atoms. The van der Waals surface area contributed by atoms with Gasteiger partial charge in [-0.25, -0.2) is 15.0 Å². The fourth-order valence-electron chi connectivity index (χ4n) is 2.92. The monoisotopic (exact) mass is 625 g/mol. The topological polar surface area (TPSA) is 124 Å². The van der Waals surface area contributed by atoms with Gasteiger partial charge in [-0.2, -0.15) is 4.73 Å². The Morgan fingerprint density at radius 1 is 0.857 bits per heavy atom. The van der Waals surface area contributed by atoms with Crippen molar-refractivity contribution in [2.45, 2.75) is 13.2 Å². The number of hydrogen-bond acceptors (Lipinski definition) is 9. The number of halogens is 2. The lowest BCUT2D eigenvalue weighted by atomic mass is 10.2. The van der Waals surface area contributed by atoms with E-state index in [0.29, 0.717) is 11.2 Å². The Hall–Kier alpha value is -2.34. The molecule has 0 saturated heterocycles. The van der Waals surface area contributed by atoms with Crippen molar-refractivity contribution in [3.05, 3.63) is 81.3 Å². The second kappa shape index (κ2) is 12.1. The molecule has 0 unspecified atom stereocenters. The van der Waals surface area contributed by atoms with Gasteiger partial charge in [0.15, 0.2) is 11.3 Å². The van der Waals surface area contributed by atoms with Crippen LogP contribution >= 0.6 is 39.5 Å². The molecule has 2 aromatic heterocycles. The van der Waals surface area contributed by atoms with Crippen molar-refractivity contribution in [2.75, 3.05) is 25.3 Å². The van der Waals surface area contributed by atoms with E-state index in [0.717, 1.165) is 20.1 Å². The lowest BCUT2D eigenvalue weighted by molar-refractivity contribution is 0.0473. The Balaban J connectivity index is 1.32. The number of benzene rings is 2. The van der Waals surface area contributed by atoms with Crippen LogP contribution in [0.25, 0.3) is 11.2 Å². The first kappa shape index (κ1) is 25.7. The Bertz CT molecular complexity index is 1250. The predicted molar refractivity (Wildman–Crippen MR) is 137 cm³/mol. The predicted octanol–water partition coefficient (Wildman–Crippen LogP) is 4.96. The van der Waals surface area contributed by atoms with Gasteiger partial charge in [-0.1, -0.05) is 56.1 Å². The van der Waals surface area contributed by atoms with Gasteiger partial charge in [0.1, 0.15) is 25.6 Å². The molecule has 0 bridgehead atoms. The van der Waals surface area contributed by atoms with Gasteiger partial charge in [-0.05, 0) is 35.4 Å². The lowest BCUT2D eigenvalue weighted by Gasteiger charge is -2.19. The second-order valence-corrected chi connectivity index (χ2v) is 11.1. The zero-order chi connectivity index (χ0) is 24.7. The molecule has 10 nitrogen and oxygen atoms in total. The quantitative estimate of drug-likeness (QED) is 0.172. The highest BCUT2D eigenvalue weighted by molar-refractivity contribution is 9.10. The summed E-state index contributed by atoms with van der Waals surface area (Å²) >= 11 is 6.79. The maximum absolute atomic E-state index is 13.4. The maximum Gasteiger partial charge on any atom is 0.356 e. The summed E-state index contributed by atoms with van der Waals surface area (Å²) in [5, 5.41) is 0. The maximum atomic E-state index is 13.4. The zero-order valence-electron chi connectivity index (χ0n) is 18.4. The highest BCUT2D eigenvalue weighted by Gasteiger charge is 2.26. The van der Waals surface area contributed by atoms with Crippen molar-refractivity contribution < 1.29 is 23.2 Å². The van der Waals surface area contributed by atoms with Gasteiger partial charge in [-0.3, -0.25) is 4.57 Å². The number of nitrogen functional groups attached to an aromatic ring is 1. The Kier molecular flexibility index (Phi) is 8.88. The summed E-state index contributed by atoms with van der Waals surface area (Å²) in [6.07, 6.45) is 2.55. The highest BCUT2D eigenvalue weighted by atomic mass is 79.9. The lowest BCUT2D eigenvalue weighted by Crippen LogP contribution is -2.17. The standard InChI is InChI=1S/C22H22Br2N5O5P/c23-18-5-1-16(2-6-18)11-33-35(30,34-12-17-3-7-19(24)8-4-17)15-31-9-10-32-29-14-28-20-21(25)26-13-27-22(20)29/h1-8,13-14H,9-12,15H2,(H2,25,26,27). The van der Waals surface area contributed by atoms with Crippen LogP contribution in [0.3, 0.4) is 0 Å². The van der Waals surface area contributed by atoms with Crippen molar-refractivity contribution in [1.82, 2.24) is 19.7 Å². The Morgan fingerprint density at radius 3 is 2.06 bits per heavy atom. The summed E-state index contributed by atoms with van der Waals surface area (Å²) in [7, 11) is -3.58. The van der Waals surface area contributed by atoms with Crippen LogP contribution in [0.5, 0.6) is 0 Å². The van der Waals surface area contributed by atoms with Crippen molar-refractivity contribution in [3.63, 3.8) is 0 Å². The number of nitrogens with zero attached hydrogens (tertiary/aromatic N) is 4. The number of fused-ring (bicyclic) bond motifs is 1. The number of anilines is 1. The molecule has 0 aliphatic heterocycles. The third kappa shape index (κ3) is 7.33. The molecule has 4 aromatic rings. The van der Waals surface area contributed by atoms with Crippen LogP contribution in [-0.4, -0.2) is 39.2 Å². The van der Waals surface area contributed by atoms with Crippen LogP contribution in [0.15, 0.2) is 70.1 Å². The molecule has 13 heteroatoms. The highest BCUT2D eigenvalue weighted by Crippen LogP contribution is 2.49. The summed E-state index contributed by atoms with van der Waals surface area (Å²) in [4.78, 5) is 17.7. The Labute approximate surface area is 218 Å². The minimum absolute atomic E-state index is 0.118. The molecule has 0 amide bonds. The largest absolute Gasteiger partial charge is 0.408 e. The van der Waals surface area contributed by atoms with Crippen LogP contribution in [0.4, 0.5) is 5.82 Å². The SMILES string of the molecule is Nc1ncnc2c1ncn2OCCOCP(=O)(OCc1ccc(Br)cc1)OCc1ccc(Br)cc1. The number of hydrogen-bond donors (Lipinski definition) is 1. The molecular formula is C22H22Br2N5O5P. The van der Waals surface area contributed by atoms with Crippen LogP contribution < -0.4 is 10.6 Å². The van der Waals surface area contributed by atoms with E-state index >= 15 is 0 Å². The van der Waals surface area contributed by atoms with Crippen molar-refractivity contribution in [2.24, 2.45) is 0 Å². The molecule has 2 N–H and O–H groups in total. The molecule has 2 heterocycles. The van der Waals surface area contributed by atoms with E-state index < -0.39 is 7.60 Å². The molecule has 0 fully saturated rings. The first-order valence-corrected chi connectivity index (χ1v) is 13.7. The fraction of sp³-hybridized carbons (Fsp3) is 0.227. The number of rotatable bonds is 12. The van der Waals surface area contributed by atoms with Gasteiger partial charge in [0.05, 0.1) is 19.8 Å². The second-order valence-electron chi connectivity index (χ2n) is 7.28. The minimum Gasteiger partial charge on any atom is -0.408 e. The van der Waals surface area contributed by atoms with E-state index in [1.165, 1.54) is 17.4 Å². The fourth-order valence-corrected chi connectivity index (χ4v) is 4.71. The summed E-state index contributed by atoms with van der Waals surface area (Å²) in [5.41, 5.74) is 8.38. The zero-order valence-corrected chi connectivity index (χ0v) is 22.5. The first-order chi connectivity index (χ1) is 16.9. The molecule has 4 rings (SSSR count). The summed E-state index contributed by atoms with van der Waals surface area (Å²) in [5.74, 6) is 0.264. The van der Waals surface area contributed by atoms with Crippen molar-refractivity contribution in [3.8, 4) is 0 Å². The van der Waals surface area contributed by atoms with Gasteiger partial charge in [0.2, 0.25) is 5.65 Å². The number of imidazole rings is 1. The van der Waals surface area contributed by atoms with Gasteiger partial charge in [0.25, 0.3) is 0 Å². The van der Waals surface area contributed by atoms with Crippen LogP contribution in [0, 0.1) is 0 Å². The smallest absolute Gasteiger partial charge is 0.356 e. The van der Waals surface area contributed by atoms with Crippen molar-refractivity contribution in [1.29, 1.82) is 0 Å². The van der Waals surface area contributed by atoms with Gasteiger partial charge in [0, 0.05) is 8.95 Å². The van der Waals surface area contributed by atoms with E-state index in [1.807, 2.05) is 48.5 Å².